The number of halogens is 1. The van der Waals surface area contributed by atoms with Gasteiger partial charge in [-0.2, -0.15) is 0 Å². The first-order valence-corrected chi connectivity index (χ1v) is 3.03. The van der Waals surface area contributed by atoms with Gasteiger partial charge in [-0.3, -0.25) is 0 Å². The molecule has 44 valence electrons. The molecule has 0 spiro atoms. The van der Waals surface area contributed by atoms with Crippen molar-refractivity contribution in [3.8, 4) is 5.75 Å². The van der Waals surface area contributed by atoms with E-state index in [2.05, 4.69) is 15.9 Å². The predicted octanol–water partition coefficient (Wildman–Crippen LogP) is 1.51. The Hall–Kier alpha value is 0.0974. The van der Waals surface area contributed by atoms with Crippen LogP contribution < -0.4 is 0 Å². The Bertz CT molecular complexity index is 152. The van der Waals surface area contributed by atoms with E-state index in [0.29, 0.717) is 5.75 Å². The van der Waals surface area contributed by atoms with Gasteiger partial charge in [0.2, 0.25) is 0 Å². The van der Waals surface area contributed by atoms with Crippen molar-refractivity contribution in [3.05, 3.63) is 28.7 Å². The standard InChI is InChI=1S/C6H5BrO.Li.H/c7-5-1-3-6(8)4-2-5;;/h1-4,8H;;. The Labute approximate surface area is 74.4 Å². The van der Waals surface area contributed by atoms with Gasteiger partial charge >= 0.3 is 18.9 Å². The summed E-state index contributed by atoms with van der Waals surface area (Å²) in [5.41, 5.74) is 0. The van der Waals surface area contributed by atoms with Gasteiger partial charge in [0.05, 0.1) is 0 Å². The molecule has 0 aliphatic carbocycles. The fourth-order valence-corrected chi connectivity index (χ4v) is 0.705. The van der Waals surface area contributed by atoms with Gasteiger partial charge in [0, 0.05) is 4.47 Å². The van der Waals surface area contributed by atoms with Crippen LogP contribution in [0.25, 0.3) is 0 Å². The van der Waals surface area contributed by atoms with E-state index in [-0.39, 0.29) is 18.9 Å². The minimum atomic E-state index is 0. The first-order valence-electron chi connectivity index (χ1n) is 2.23. The van der Waals surface area contributed by atoms with E-state index in [1.165, 1.54) is 0 Å². The summed E-state index contributed by atoms with van der Waals surface area (Å²) in [4.78, 5) is 0. The average Bonchev–Trinajstić information content (AvgIpc) is 1.77. The molecule has 0 amide bonds. The summed E-state index contributed by atoms with van der Waals surface area (Å²) in [7, 11) is 0. The van der Waals surface area contributed by atoms with Crippen LogP contribution in [-0.2, 0) is 0 Å². The second kappa shape index (κ2) is 4.00. The summed E-state index contributed by atoms with van der Waals surface area (Å²) >= 11 is 3.23. The first-order chi connectivity index (χ1) is 3.79. The molecular weight excluding hydrogens is 175 g/mol. The zero-order chi connectivity index (χ0) is 5.98. The van der Waals surface area contributed by atoms with E-state index in [0.717, 1.165) is 4.47 Å². The Morgan fingerprint density at radius 3 is 1.89 bits per heavy atom. The van der Waals surface area contributed by atoms with Crippen LogP contribution in [0.1, 0.15) is 0 Å². The van der Waals surface area contributed by atoms with Gasteiger partial charge in [0.25, 0.3) is 0 Å². The van der Waals surface area contributed by atoms with Crippen LogP contribution in [0.4, 0.5) is 0 Å². The molecule has 0 aliphatic heterocycles. The van der Waals surface area contributed by atoms with Gasteiger partial charge in [-0.1, -0.05) is 15.9 Å². The molecule has 1 N–H and O–H groups in total. The molecule has 0 saturated carbocycles. The van der Waals surface area contributed by atoms with E-state index < -0.39 is 0 Å². The van der Waals surface area contributed by atoms with Gasteiger partial charge in [-0.05, 0) is 24.3 Å². The molecule has 0 fully saturated rings. The molecule has 0 aromatic heterocycles. The van der Waals surface area contributed by atoms with Crippen molar-refractivity contribution in [1.82, 2.24) is 0 Å². The van der Waals surface area contributed by atoms with Gasteiger partial charge in [0.15, 0.2) is 0 Å². The fourth-order valence-electron chi connectivity index (χ4n) is 0.441. The molecule has 0 radical (unpaired) electrons. The molecule has 1 nitrogen and oxygen atoms in total. The number of hydrogen-bond donors (Lipinski definition) is 1. The van der Waals surface area contributed by atoms with Crippen LogP contribution in [0.15, 0.2) is 28.7 Å². The van der Waals surface area contributed by atoms with Crippen molar-refractivity contribution in [2.24, 2.45) is 0 Å². The summed E-state index contributed by atoms with van der Waals surface area (Å²) in [6.07, 6.45) is 0. The number of benzene rings is 1. The third-order valence-electron chi connectivity index (χ3n) is 0.827. The van der Waals surface area contributed by atoms with E-state index in [9.17, 15) is 0 Å². The Morgan fingerprint density at radius 1 is 1.11 bits per heavy atom. The van der Waals surface area contributed by atoms with E-state index >= 15 is 0 Å². The molecule has 1 aromatic carbocycles. The maximum atomic E-state index is 8.74. The minimum absolute atomic E-state index is 0. The van der Waals surface area contributed by atoms with Crippen molar-refractivity contribution < 1.29 is 5.11 Å². The molecule has 1 rings (SSSR count). The molecule has 0 heterocycles. The van der Waals surface area contributed by atoms with Gasteiger partial charge in [-0.25, -0.2) is 0 Å². The summed E-state index contributed by atoms with van der Waals surface area (Å²) in [6.45, 7) is 0. The quantitative estimate of drug-likeness (QED) is 0.601. The van der Waals surface area contributed by atoms with Crippen molar-refractivity contribution in [2.75, 3.05) is 0 Å². The molecular formula is C6H6BrLiO. The average molecular weight is 181 g/mol. The predicted molar refractivity (Wildman–Crippen MR) is 43.0 cm³/mol. The van der Waals surface area contributed by atoms with Crippen LogP contribution >= 0.6 is 15.9 Å². The molecule has 3 heteroatoms. The number of phenolic OH excluding ortho intramolecular Hbond substituents is 1. The van der Waals surface area contributed by atoms with Crippen LogP contribution in [0.3, 0.4) is 0 Å². The zero-order valence-electron chi connectivity index (χ0n) is 4.13. The van der Waals surface area contributed by atoms with E-state index in [1.54, 1.807) is 24.3 Å². The van der Waals surface area contributed by atoms with Gasteiger partial charge in [-0.15, -0.1) is 0 Å². The second-order valence-electron chi connectivity index (χ2n) is 1.48. The molecule has 0 saturated heterocycles. The van der Waals surface area contributed by atoms with Crippen molar-refractivity contribution in [1.29, 1.82) is 0 Å². The molecule has 9 heavy (non-hydrogen) atoms. The van der Waals surface area contributed by atoms with E-state index in [4.69, 9.17) is 5.11 Å². The van der Waals surface area contributed by atoms with Crippen molar-refractivity contribution >= 4 is 34.8 Å². The second-order valence-corrected chi connectivity index (χ2v) is 2.39. The normalized spacial score (nSPS) is 8.11. The summed E-state index contributed by atoms with van der Waals surface area (Å²) in [5, 5.41) is 8.74. The topological polar surface area (TPSA) is 20.2 Å². The van der Waals surface area contributed by atoms with Gasteiger partial charge < -0.3 is 5.11 Å². The van der Waals surface area contributed by atoms with Crippen LogP contribution in [-0.4, -0.2) is 24.0 Å². The van der Waals surface area contributed by atoms with Crippen LogP contribution in [0.5, 0.6) is 5.75 Å². The number of rotatable bonds is 0. The maximum absolute atomic E-state index is 8.74. The number of phenols is 1. The van der Waals surface area contributed by atoms with Gasteiger partial charge in [0.1, 0.15) is 5.75 Å². The SMILES string of the molecule is Oc1ccc(Br)cc1.[LiH]. The third-order valence-corrected chi connectivity index (χ3v) is 1.36. The summed E-state index contributed by atoms with van der Waals surface area (Å²) in [6, 6.07) is 6.83. The molecule has 0 unspecified atom stereocenters. The first kappa shape index (κ1) is 9.10. The number of hydrogen-bond acceptors (Lipinski definition) is 1. The van der Waals surface area contributed by atoms with E-state index in [1.807, 2.05) is 0 Å². The fraction of sp³-hybridized carbons (Fsp3) is 0. The Morgan fingerprint density at radius 2 is 1.56 bits per heavy atom. The van der Waals surface area contributed by atoms with Crippen molar-refractivity contribution in [3.63, 3.8) is 0 Å². The molecule has 1 aromatic rings. The number of aromatic hydroxyl groups is 1. The van der Waals surface area contributed by atoms with Crippen LogP contribution in [0, 0.1) is 0 Å². The summed E-state index contributed by atoms with van der Waals surface area (Å²) in [5.74, 6) is 0.299. The summed E-state index contributed by atoms with van der Waals surface area (Å²) < 4.78 is 0.982. The zero-order valence-corrected chi connectivity index (χ0v) is 5.72. The third kappa shape index (κ3) is 2.95. The molecule has 0 atom stereocenters. The van der Waals surface area contributed by atoms with Crippen molar-refractivity contribution in [2.45, 2.75) is 0 Å². The Kier molecular flexibility index (Phi) is 4.04. The molecule has 0 aliphatic rings. The molecule has 0 bridgehead atoms. The monoisotopic (exact) mass is 180 g/mol. The van der Waals surface area contributed by atoms with Crippen LogP contribution in [0.2, 0.25) is 0 Å². The Balaban J connectivity index is 0.000000640.